The maximum atomic E-state index is 13.0. The van der Waals surface area contributed by atoms with E-state index in [-0.39, 0.29) is 34.6 Å². The van der Waals surface area contributed by atoms with Crippen molar-refractivity contribution in [3.05, 3.63) is 55.6 Å². The summed E-state index contributed by atoms with van der Waals surface area (Å²) in [6.45, 7) is 17.8. The van der Waals surface area contributed by atoms with Crippen molar-refractivity contribution in [2.75, 3.05) is 99.6 Å². The molecule has 3 N–H and O–H groups in total. The quantitative estimate of drug-likeness (QED) is 0.193. The smallest absolute Gasteiger partial charge is 0.293 e. The molecule has 17 heteroatoms. The minimum atomic E-state index is -0.853. The van der Waals surface area contributed by atoms with Gasteiger partial charge in [-0.3, -0.25) is 44.4 Å². The van der Waals surface area contributed by atoms with Crippen molar-refractivity contribution in [1.82, 2.24) is 9.80 Å². The predicted molar refractivity (Wildman–Crippen MR) is 199 cm³/mol. The van der Waals surface area contributed by atoms with Gasteiger partial charge in [0.05, 0.1) is 58.5 Å². The standard InChI is InChI=1S/C19H26N4O5.C17H24N4O4/c1-13(24)20-15-12-16-14(11-17(15)23(26)27)19(2,3)18(25)22(16)6-4-5-21-7-9-28-10-8-21;1-17(2)12-10-15(21(23)24)13(18)11-14(12)20(16(17)22)5-3-4-19-6-8-25-9-7-19/h11-12H,4-10H2,1-3H3,(H,20,24);10-11H,3-9,18H2,1-2H3. The zero-order valence-corrected chi connectivity index (χ0v) is 31.1. The molecule has 3 amide bonds. The molecule has 6 rings (SSSR count). The molecular formula is C36H50N8O9. The van der Waals surface area contributed by atoms with Crippen molar-refractivity contribution in [3.8, 4) is 0 Å². The molecule has 0 spiro atoms. The van der Waals surface area contributed by atoms with E-state index in [4.69, 9.17) is 15.2 Å². The minimum absolute atomic E-state index is 0.0376. The van der Waals surface area contributed by atoms with E-state index in [2.05, 4.69) is 15.1 Å². The van der Waals surface area contributed by atoms with Gasteiger partial charge in [0, 0.05) is 71.4 Å². The Morgan fingerprint density at radius 3 is 1.57 bits per heavy atom. The summed E-state index contributed by atoms with van der Waals surface area (Å²) < 4.78 is 10.7. The second-order valence-electron chi connectivity index (χ2n) is 14.8. The summed E-state index contributed by atoms with van der Waals surface area (Å²) in [7, 11) is 0. The molecule has 53 heavy (non-hydrogen) atoms. The van der Waals surface area contributed by atoms with Crippen molar-refractivity contribution >= 4 is 51.8 Å². The average Bonchev–Trinajstić information content (AvgIpc) is 3.41. The van der Waals surface area contributed by atoms with Gasteiger partial charge in [-0.2, -0.15) is 0 Å². The first-order valence-electron chi connectivity index (χ1n) is 18.0. The lowest BCUT2D eigenvalue weighted by molar-refractivity contribution is -0.384. The summed E-state index contributed by atoms with van der Waals surface area (Å²) in [4.78, 5) is 66.9. The molecule has 0 radical (unpaired) electrons. The molecule has 4 aliphatic rings. The first kappa shape index (κ1) is 39.5. The number of hydrogen-bond acceptors (Lipinski definition) is 12. The molecule has 2 aromatic rings. The lowest BCUT2D eigenvalue weighted by Gasteiger charge is -2.27. The number of benzene rings is 2. The van der Waals surface area contributed by atoms with Crippen molar-refractivity contribution in [2.24, 2.45) is 0 Å². The minimum Gasteiger partial charge on any atom is -0.393 e. The summed E-state index contributed by atoms with van der Waals surface area (Å²) in [6, 6.07) is 5.98. The number of morpholine rings is 2. The van der Waals surface area contributed by atoms with Crippen LogP contribution in [0.1, 0.15) is 58.6 Å². The van der Waals surface area contributed by atoms with E-state index in [1.807, 2.05) is 0 Å². The normalized spacial score (nSPS) is 19.3. The SMILES string of the molecule is CC(=O)Nc1cc2c(cc1[N+](=O)[O-])C(C)(C)C(=O)N2CCCN1CCOCC1.CC1(C)C(=O)N(CCCN2CCOCC2)c2cc(N)c([N+](=O)[O-])cc21. The third kappa shape index (κ3) is 8.43. The number of nitrogens with zero attached hydrogens (tertiary/aromatic N) is 6. The summed E-state index contributed by atoms with van der Waals surface area (Å²) in [5.41, 5.74) is 6.66. The van der Waals surface area contributed by atoms with Crippen LogP contribution >= 0.6 is 0 Å². The molecular weight excluding hydrogens is 688 g/mol. The summed E-state index contributed by atoms with van der Waals surface area (Å²) in [5.74, 6) is -0.520. The first-order chi connectivity index (χ1) is 25.0. The second-order valence-corrected chi connectivity index (χ2v) is 14.8. The Kier molecular flexibility index (Phi) is 12.0. The molecule has 2 aromatic carbocycles. The van der Waals surface area contributed by atoms with Gasteiger partial charge in [-0.1, -0.05) is 0 Å². The van der Waals surface area contributed by atoms with Crippen molar-refractivity contribution in [3.63, 3.8) is 0 Å². The number of nitro groups is 2. The van der Waals surface area contributed by atoms with Crippen LogP contribution in [0.2, 0.25) is 0 Å². The van der Waals surface area contributed by atoms with Gasteiger partial charge in [0.25, 0.3) is 11.4 Å². The van der Waals surface area contributed by atoms with Crippen molar-refractivity contribution < 1.29 is 33.7 Å². The Morgan fingerprint density at radius 2 is 1.15 bits per heavy atom. The van der Waals surface area contributed by atoms with Crippen molar-refractivity contribution in [1.29, 1.82) is 0 Å². The number of amides is 3. The van der Waals surface area contributed by atoms with Gasteiger partial charge in [-0.15, -0.1) is 0 Å². The van der Waals surface area contributed by atoms with Crippen molar-refractivity contribution in [2.45, 2.75) is 58.3 Å². The topological polar surface area (TPSA) is 207 Å². The van der Waals surface area contributed by atoms with Gasteiger partial charge in [0.2, 0.25) is 17.7 Å². The number of nitro benzene ring substituents is 2. The number of fused-ring (bicyclic) bond motifs is 2. The van der Waals surface area contributed by atoms with Crippen LogP contribution < -0.4 is 20.9 Å². The average molecular weight is 739 g/mol. The van der Waals surface area contributed by atoms with Crippen LogP contribution in [0.15, 0.2) is 24.3 Å². The van der Waals surface area contributed by atoms with E-state index in [1.165, 1.54) is 19.1 Å². The zero-order valence-electron chi connectivity index (χ0n) is 31.1. The van der Waals surface area contributed by atoms with Crippen LogP contribution in [-0.4, -0.2) is 116 Å². The van der Waals surface area contributed by atoms with Crippen LogP contribution in [-0.2, 0) is 34.7 Å². The molecule has 4 aliphatic heterocycles. The maximum absolute atomic E-state index is 13.0. The maximum Gasteiger partial charge on any atom is 0.293 e. The van der Waals surface area contributed by atoms with E-state index in [9.17, 15) is 34.6 Å². The number of nitrogens with one attached hydrogen (secondary N) is 1. The monoisotopic (exact) mass is 738 g/mol. The highest BCUT2D eigenvalue weighted by atomic mass is 16.6. The highest BCUT2D eigenvalue weighted by Gasteiger charge is 2.46. The Hall–Kier alpha value is -4.71. The molecule has 17 nitrogen and oxygen atoms in total. The van der Waals surface area contributed by atoms with Gasteiger partial charge < -0.3 is 30.3 Å². The lowest BCUT2D eigenvalue weighted by Crippen LogP contribution is -2.40. The third-order valence-electron chi connectivity index (χ3n) is 10.4. The number of nitrogen functional groups attached to an aromatic ring is 1. The fourth-order valence-corrected chi connectivity index (χ4v) is 7.34. The highest BCUT2D eigenvalue weighted by molar-refractivity contribution is 6.09. The fourth-order valence-electron chi connectivity index (χ4n) is 7.34. The van der Waals surface area contributed by atoms with Crippen LogP contribution in [0.5, 0.6) is 0 Å². The first-order valence-corrected chi connectivity index (χ1v) is 18.0. The van der Waals surface area contributed by atoms with Gasteiger partial charge in [-0.05, 0) is 63.8 Å². The Labute approximate surface area is 308 Å². The van der Waals surface area contributed by atoms with E-state index >= 15 is 0 Å². The summed E-state index contributed by atoms with van der Waals surface area (Å²) >= 11 is 0. The van der Waals surface area contributed by atoms with Crippen LogP contribution in [0, 0.1) is 20.2 Å². The molecule has 0 aliphatic carbocycles. The van der Waals surface area contributed by atoms with Crippen LogP contribution in [0.25, 0.3) is 0 Å². The summed E-state index contributed by atoms with van der Waals surface area (Å²) in [6.07, 6.45) is 1.62. The lowest BCUT2D eigenvalue weighted by atomic mass is 9.86. The van der Waals surface area contributed by atoms with E-state index < -0.39 is 26.6 Å². The molecule has 0 atom stereocenters. The number of carbonyl (C=O) groups excluding carboxylic acids is 3. The number of ether oxygens (including phenoxy) is 2. The zero-order chi connectivity index (χ0) is 38.7. The van der Waals surface area contributed by atoms with Gasteiger partial charge in [-0.25, -0.2) is 0 Å². The van der Waals surface area contributed by atoms with Crippen LogP contribution in [0.3, 0.4) is 0 Å². The fraction of sp³-hybridized carbons (Fsp3) is 0.583. The Bertz CT molecular complexity index is 1750. The molecule has 0 unspecified atom stereocenters. The molecule has 2 fully saturated rings. The molecule has 2 saturated heterocycles. The number of hydrogen-bond donors (Lipinski definition) is 2. The number of carbonyl (C=O) groups is 3. The van der Waals surface area contributed by atoms with E-state index in [0.29, 0.717) is 35.6 Å². The third-order valence-corrected chi connectivity index (χ3v) is 10.4. The largest absolute Gasteiger partial charge is 0.393 e. The Morgan fingerprint density at radius 1 is 0.736 bits per heavy atom. The molecule has 0 aromatic heterocycles. The molecule has 0 bridgehead atoms. The Balaban J connectivity index is 0.000000206. The van der Waals surface area contributed by atoms with E-state index in [0.717, 1.165) is 78.5 Å². The van der Waals surface area contributed by atoms with E-state index in [1.54, 1.807) is 49.6 Å². The number of nitrogens with two attached hydrogens (primary N) is 1. The van der Waals surface area contributed by atoms with Gasteiger partial charge >= 0.3 is 0 Å². The number of rotatable bonds is 11. The van der Waals surface area contributed by atoms with Gasteiger partial charge in [0.15, 0.2) is 0 Å². The highest BCUT2D eigenvalue weighted by Crippen LogP contribution is 2.47. The number of anilines is 4. The van der Waals surface area contributed by atoms with Crippen LogP contribution in [0.4, 0.5) is 34.1 Å². The molecule has 4 heterocycles. The summed E-state index contributed by atoms with van der Waals surface area (Å²) in [5, 5.41) is 25.1. The predicted octanol–water partition coefficient (Wildman–Crippen LogP) is 3.42. The molecule has 0 saturated carbocycles. The van der Waals surface area contributed by atoms with Gasteiger partial charge in [0.1, 0.15) is 11.4 Å². The second kappa shape index (κ2) is 16.1. The molecule has 288 valence electrons.